The summed E-state index contributed by atoms with van der Waals surface area (Å²) in [7, 11) is 1.82. The first-order valence-corrected chi connectivity index (χ1v) is 10.5. The number of nitrogens with zero attached hydrogens (tertiary/aromatic N) is 5. The molecule has 3 aromatic heterocycles. The van der Waals surface area contributed by atoms with Gasteiger partial charge in [-0.15, -0.1) is 0 Å². The van der Waals surface area contributed by atoms with Crippen LogP contribution in [0.1, 0.15) is 16.1 Å². The summed E-state index contributed by atoms with van der Waals surface area (Å²) in [6, 6.07) is 8.91. The number of pyridine rings is 2. The van der Waals surface area contributed by atoms with Crippen LogP contribution < -0.4 is 5.73 Å². The number of fused-ring (bicyclic) bond motifs is 3. The van der Waals surface area contributed by atoms with Gasteiger partial charge in [0.15, 0.2) is 0 Å². The molecule has 0 fully saturated rings. The van der Waals surface area contributed by atoms with Gasteiger partial charge >= 0.3 is 0 Å². The van der Waals surface area contributed by atoms with Gasteiger partial charge in [-0.25, -0.2) is 10.0 Å². The third-order valence-corrected chi connectivity index (χ3v) is 5.34. The lowest BCUT2D eigenvalue weighted by atomic mass is 10.1. The van der Waals surface area contributed by atoms with E-state index in [9.17, 15) is 4.79 Å². The van der Waals surface area contributed by atoms with Gasteiger partial charge in [0.05, 0.1) is 41.5 Å². The van der Waals surface area contributed by atoms with Crippen LogP contribution >= 0.6 is 27.5 Å². The molecule has 4 rings (SSSR count). The Kier molecular flexibility index (Phi) is 6.17. The zero-order chi connectivity index (χ0) is 22.0. The van der Waals surface area contributed by atoms with Crippen LogP contribution in [0.5, 0.6) is 0 Å². The number of aryl methyl sites for hydroxylation is 1. The van der Waals surface area contributed by atoms with Crippen LogP contribution in [0.15, 0.2) is 58.8 Å². The summed E-state index contributed by atoms with van der Waals surface area (Å²) < 4.78 is 2.57. The summed E-state index contributed by atoms with van der Waals surface area (Å²) in [6.45, 7) is 0.310. The lowest BCUT2D eigenvalue weighted by molar-refractivity contribution is -0.119. The second kappa shape index (κ2) is 9.01. The van der Waals surface area contributed by atoms with Crippen molar-refractivity contribution < 1.29 is 9.63 Å². The Labute approximate surface area is 191 Å². The first-order chi connectivity index (χ1) is 15.0. The van der Waals surface area contributed by atoms with Crippen LogP contribution in [0.2, 0.25) is 0 Å². The molecule has 0 saturated heterocycles. The van der Waals surface area contributed by atoms with Crippen molar-refractivity contribution in [2.45, 2.75) is 6.54 Å². The van der Waals surface area contributed by atoms with E-state index >= 15 is 0 Å². The molecule has 0 aliphatic rings. The summed E-state index contributed by atoms with van der Waals surface area (Å²) in [6.07, 6.45) is 4.93. The molecule has 158 valence electrons. The fourth-order valence-electron chi connectivity index (χ4n) is 3.23. The van der Waals surface area contributed by atoms with Gasteiger partial charge in [0.2, 0.25) is 0 Å². The van der Waals surface area contributed by atoms with E-state index in [1.807, 2.05) is 19.2 Å². The number of carbonyl (C=O) groups is 1. The number of hydrogen-bond donors (Lipinski definition) is 1. The SMILES string of the molecule is Cn1ncc2c(N)nc3ccc(C(=O)N(Cc4ccc(Br)cn4)OC/C=C/Cl)cc3c21. The van der Waals surface area contributed by atoms with Gasteiger partial charge in [0.1, 0.15) is 5.82 Å². The van der Waals surface area contributed by atoms with Crippen LogP contribution in [0.3, 0.4) is 0 Å². The fraction of sp³-hybridized carbons (Fsp3) is 0.143. The number of halogens is 2. The lowest BCUT2D eigenvalue weighted by Gasteiger charge is -2.21. The van der Waals surface area contributed by atoms with Crippen molar-refractivity contribution in [2.75, 3.05) is 12.3 Å². The van der Waals surface area contributed by atoms with Crippen molar-refractivity contribution in [1.82, 2.24) is 24.8 Å². The molecule has 10 heteroatoms. The number of nitrogen functional groups attached to an aromatic ring is 1. The third kappa shape index (κ3) is 4.39. The average molecular weight is 502 g/mol. The predicted molar refractivity (Wildman–Crippen MR) is 123 cm³/mol. The molecule has 1 amide bonds. The molecular formula is C21H18BrClN6O2. The Balaban J connectivity index is 1.72. The van der Waals surface area contributed by atoms with Gasteiger partial charge in [-0.2, -0.15) is 5.10 Å². The van der Waals surface area contributed by atoms with E-state index in [4.69, 9.17) is 22.2 Å². The minimum absolute atomic E-state index is 0.142. The zero-order valence-electron chi connectivity index (χ0n) is 16.5. The van der Waals surface area contributed by atoms with Crippen molar-refractivity contribution >= 4 is 61.1 Å². The molecule has 8 nitrogen and oxygen atoms in total. The number of rotatable bonds is 6. The molecule has 2 N–H and O–H groups in total. The summed E-state index contributed by atoms with van der Waals surface area (Å²) in [5.74, 6) is 0.0792. The van der Waals surface area contributed by atoms with E-state index < -0.39 is 0 Å². The van der Waals surface area contributed by atoms with Gasteiger partial charge in [0, 0.05) is 34.2 Å². The highest BCUT2D eigenvalue weighted by Gasteiger charge is 2.20. The maximum atomic E-state index is 13.3. The molecule has 0 bridgehead atoms. The highest BCUT2D eigenvalue weighted by atomic mass is 79.9. The minimum atomic E-state index is -0.318. The number of hydrogen-bond acceptors (Lipinski definition) is 6. The molecular weight excluding hydrogens is 484 g/mol. The normalized spacial score (nSPS) is 11.6. The Morgan fingerprint density at radius 3 is 2.87 bits per heavy atom. The molecule has 0 spiro atoms. The lowest BCUT2D eigenvalue weighted by Crippen LogP contribution is -2.31. The highest BCUT2D eigenvalue weighted by molar-refractivity contribution is 9.10. The number of aromatic nitrogens is 4. The predicted octanol–water partition coefficient (Wildman–Crippen LogP) is 4.19. The van der Waals surface area contributed by atoms with E-state index in [1.165, 1.54) is 10.6 Å². The van der Waals surface area contributed by atoms with Gasteiger partial charge in [-0.1, -0.05) is 11.6 Å². The summed E-state index contributed by atoms with van der Waals surface area (Å²) in [4.78, 5) is 27.7. The molecule has 1 aromatic carbocycles. The Bertz CT molecular complexity index is 1290. The molecule has 0 aliphatic heterocycles. The number of benzene rings is 1. The smallest absolute Gasteiger partial charge is 0.277 e. The molecule has 4 aromatic rings. The van der Waals surface area contributed by atoms with Gasteiger partial charge < -0.3 is 5.73 Å². The first kappa shape index (κ1) is 21.2. The largest absolute Gasteiger partial charge is 0.383 e. The number of hydroxylamine groups is 2. The van der Waals surface area contributed by atoms with E-state index in [0.29, 0.717) is 22.6 Å². The molecule has 0 radical (unpaired) electrons. The first-order valence-electron chi connectivity index (χ1n) is 9.29. The summed E-state index contributed by atoms with van der Waals surface area (Å²) in [5.41, 5.74) is 10.0. The molecule has 31 heavy (non-hydrogen) atoms. The minimum Gasteiger partial charge on any atom is -0.383 e. The number of anilines is 1. The second-order valence-electron chi connectivity index (χ2n) is 6.73. The van der Waals surface area contributed by atoms with Crippen molar-refractivity contribution in [3.8, 4) is 0 Å². The number of nitrogens with two attached hydrogens (primary N) is 1. The van der Waals surface area contributed by atoms with Crippen molar-refractivity contribution in [1.29, 1.82) is 0 Å². The maximum absolute atomic E-state index is 13.3. The van der Waals surface area contributed by atoms with E-state index in [-0.39, 0.29) is 19.1 Å². The van der Waals surface area contributed by atoms with Gasteiger partial charge in [-0.3, -0.25) is 19.3 Å². The van der Waals surface area contributed by atoms with Crippen LogP contribution in [0, 0.1) is 0 Å². The van der Waals surface area contributed by atoms with E-state index in [0.717, 1.165) is 20.8 Å². The Hall–Kier alpha value is -3.01. The van der Waals surface area contributed by atoms with Crippen LogP contribution in [-0.4, -0.2) is 37.3 Å². The number of amides is 1. The van der Waals surface area contributed by atoms with Gasteiger partial charge in [0.25, 0.3) is 5.91 Å². The summed E-state index contributed by atoms with van der Waals surface area (Å²) >= 11 is 8.95. The second-order valence-corrected chi connectivity index (χ2v) is 7.89. The van der Waals surface area contributed by atoms with Crippen molar-refractivity contribution in [3.05, 3.63) is 70.1 Å². The average Bonchev–Trinajstić information content (AvgIpc) is 3.16. The van der Waals surface area contributed by atoms with E-state index in [2.05, 4.69) is 31.0 Å². The molecule has 0 aliphatic carbocycles. The van der Waals surface area contributed by atoms with Crippen molar-refractivity contribution in [3.63, 3.8) is 0 Å². The highest BCUT2D eigenvalue weighted by Crippen LogP contribution is 2.28. The monoisotopic (exact) mass is 500 g/mol. The van der Waals surface area contributed by atoms with Crippen LogP contribution in [0.4, 0.5) is 5.82 Å². The van der Waals surface area contributed by atoms with Gasteiger partial charge in [-0.05, 0) is 52.3 Å². The fourth-order valence-corrected chi connectivity index (χ4v) is 3.53. The van der Waals surface area contributed by atoms with Crippen LogP contribution in [0.25, 0.3) is 21.8 Å². The summed E-state index contributed by atoms with van der Waals surface area (Å²) in [5, 5.41) is 7.05. The molecule has 0 unspecified atom stereocenters. The van der Waals surface area contributed by atoms with Crippen LogP contribution in [-0.2, 0) is 18.4 Å². The number of carbonyl (C=O) groups excluding carboxylic acids is 1. The zero-order valence-corrected chi connectivity index (χ0v) is 18.8. The quantitative estimate of drug-likeness (QED) is 0.398. The topological polar surface area (TPSA) is 99.2 Å². The molecule has 0 saturated carbocycles. The third-order valence-electron chi connectivity index (χ3n) is 4.69. The maximum Gasteiger partial charge on any atom is 0.277 e. The Morgan fingerprint density at radius 2 is 2.13 bits per heavy atom. The standard InChI is InChI=1S/C21H18BrClN6O2/c1-28-19-16-9-13(3-6-18(16)27-20(24)17(19)11-26-28)21(30)29(31-8-2-7-23)12-15-5-4-14(22)10-25-15/h2-7,9-11H,8,12H2,1H3,(H2,24,27)/b7-2+. The molecule has 0 atom stereocenters. The van der Waals surface area contributed by atoms with E-state index in [1.54, 1.807) is 41.4 Å². The Morgan fingerprint density at radius 1 is 1.29 bits per heavy atom. The van der Waals surface area contributed by atoms with Crippen molar-refractivity contribution in [2.24, 2.45) is 7.05 Å². The molecule has 3 heterocycles.